The second kappa shape index (κ2) is 9.24. The number of carbonyl (C=O) groups excluding carboxylic acids is 2. The summed E-state index contributed by atoms with van der Waals surface area (Å²) >= 11 is 0. The Morgan fingerprint density at radius 3 is 2.00 bits per heavy atom. The second-order valence-electron chi connectivity index (χ2n) is 5.91. The first kappa shape index (κ1) is 23.7. The highest BCUT2D eigenvalue weighted by molar-refractivity contribution is 5.86. The number of alkyl halides is 6. The van der Waals surface area contributed by atoms with Gasteiger partial charge in [0.1, 0.15) is 6.10 Å². The molecule has 0 heterocycles. The molecule has 0 bridgehead atoms. The number of amides is 2. The van der Waals surface area contributed by atoms with Crippen LogP contribution in [0.25, 0.3) is 0 Å². The number of nitrogens with one attached hydrogen (secondary N) is 1. The lowest BCUT2D eigenvalue weighted by atomic mass is 10.0. The zero-order chi connectivity index (χ0) is 21.7. The Hall–Kier alpha value is -2.34. The maximum absolute atomic E-state index is 12.8. The summed E-state index contributed by atoms with van der Waals surface area (Å²) < 4.78 is 77.1. The van der Waals surface area contributed by atoms with Gasteiger partial charge < -0.3 is 20.4 Å². The van der Waals surface area contributed by atoms with Gasteiger partial charge in [-0.15, -0.1) is 0 Å². The van der Waals surface area contributed by atoms with Gasteiger partial charge in [0.15, 0.2) is 0 Å². The number of aliphatic hydroxyl groups is 2. The SMILES string of the molecule is CN(Cc1cc(C(F)(F)F)cc(C(F)(F)F)c1)C(=O)CNC(=O)C(O)CCO. The molecule has 1 aromatic carbocycles. The molecule has 0 aliphatic rings. The largest absolute Gasteiger partial charge is 0.416 e. The number of aliphatic hydroxyl groups excluding tert-OH is 2. The molecule has 1 rings (SSSR count). The number of halogens is 6. The van der Waals surface area contributed by atoms with E-state index in [2.05, 4.69) is 5.32 Å². The minimum absolute atomic E-state index is 0.0198. The molecule has 0 aromatic heterocycles. The van der Waals surface area contributed by atoms with Gasteiger partial charge >= 0.3 is 12.4 Å². The lowest BCUT2D eigenvalue weighted by molar-refractivity contribution is -0.143. The van der Waals surface area contributed by atoms with Crippen molar-refractivity contribution in [3.05, 3.63) is 34.9 Å². The summed E-state index contributed by atoms with van der Waals surface area (Å²) in [6.07, 6.45) is -11.8. The van der Waals surface area contributed by atoms with Crippen LogP contribution in [0.15, 0.2) is 18.2 Å². The summed E-state index contributed by atoms with van der Waals surface area (Å²) in [6.45, 7) is -1.68. The Bertz CT molecular complexity index is 673. The van der Waals surface area contributed by atoms with Crippen LogP contribution in [0, 0.1) is 0 Å². The third kappa shape index (κ3) is 7.00. The minimum Gasteiger partial charge on any atom is -0.396 e. The molecule has 28 heavy (non-hydrogen) atoms. The third-order valence-corrected chi connectivity index (χ3v) is 3.61. The number of hydrogen-bond acceptors (Lipinski definition) is 4. The molecule has 0 fully saturated rings. The number of hydrogen-bond donors (Lipinski definition) is 3. The van der Waals surface area contributed by atoms with Crippen molar-refractivity contribution in [1.29, 1.82) is 0 Å². The lowest BCUT2D eigenvalue weighted by Crippen LogP contribution is -2.42. The standard InChI is InChI=1S/C16H18F6N2O4/c1-24(13(27)7-23-14(28)12(26)2-3-25)8-9-4-10(15(17,18)19)6-11(5-9)16(20,21)22/h4-6,12,25-26H,2-3,7-8H2,1H3,(H,23,28). The Balaban J connectivity index is 2.88. The molecule has 0 radical (unpaired) electrons. The van der Waals surface area contributed by atoms with Gasteiger partial charge in [0.25, 0.3) is 0 Å². The Morgan fingerprint density at radius 1 is 1.07 bits per heavy atom. The van der Waals surface area contributed by atoms with Gasteiger partial charge in [0, 0.05) is 26.6 Å². The van der Waals surface area contributed by atoms with Gasteiger partial charge in [-0.1, -0.05) is 0 Å². The van der Waals surface area contributed by atoms with Crippen molar-refractivity contribution in [3.63, 3.8) is 0 Å². The predicted molar refractivity (Wildman–Crippen MR) is 83.6 cm³/mol. The van der Waals surface area contributed by atoms with Gasteiger partial charge in [0.2, 0.25) is 11.8 Å². The van der Waals surface area contributed by atoms with Crippen molar-refractivity contribution < 1.29 is 46.1 Å². The van der Waals surface area contributed by atoms with E-state index in [9.17, 15) is 41.0 Å². The van der Waals surface area contributed by atoms with Gasteiger partial charge in [-0.05, 0) is 23.8 Å². The van der Waals surface area contributed by atoms with E-state index in [0.717, 1.165) is 11.9 Å². The molecule has 0 spiro atoms. The van der Waals surface area contributed by atoms with Crippen molar-refractivity contribution in [1.82, 2.24) is 10.2 Å². The Kier molecular flexibility index (Phi) is 7.82. The quantitative estimate of drug-likeness (QED) is 0.589. The van der Waals surface area contributed by atoms with Crippen molar-refractivity contribution in [2.75, 3.05) is 20.2 Å². The molecule has 0 saturated heterocycles. The van der Waals surface area contributed by atoms with E-state index in [1.54, 1.807) is 0 Å². The minimum atomic E-state index is -5.00. The summed E-state index contributed by atoms with van der Waals surface area (Å²) in [4.78, 5) is 24.2. The topological polar surface area (TPSA) is 89.9 Å². The van der Waals surface area contributed by atoms with Crippen LogP contribution >= 0.6 is 0 Å². The smallest absolute Gasteiger partial charge is 0.396 e. The number of nitrogens with zero attached hydrogens (tertiary/aromatic N) is 1. The fraction of sp³-hybridized carbons (Fsp3) is 0.500. The Labute approximate surface area is 155 Å². The molecular weight excluding hydrogens is 398 g/mol. The lowest BCUT2D eigenvalue weighted by Gasteiger charge is -2.20. The zero-order valence-electron chi connectivity index (χ0n) is 14.6. The second-order valence-corrected chi connectivity index (χ2v) is 5.91. The van der Waals surface area contributed by atoms with Crippen LogP contribution in [-0.2, 0) is 28.5 Å². The van der Waals surface area contributed by atoms with Crippen LogP contribution < -0.4 is 5.32 Å². The summed E-state index contributed by atoms with van der Waals surface area (Å²) in [7, 11) is 1.13. The van der Waals surface area contributed by atoms with Crippen LogP contribution in [0.4, 0.5) is 26.3 Å². The number of benzene rings is 1. The molecule has 1 aromatic rings. The summed E-state index contributed by atoms with van der Waals surface area (Å²) in [5.41, 5.74) is -3.40. The summed E-state index contributed by atoms with van der Waals surface area (Å²) in [6, 6.07) is 0.985. The van der Waals surface area contributed by atoms with E-state index in [4.69, 9.17) is 5.11 Å². The van der Waals surface area contributed by atoms with Crippen molar-refractivity contribution in [2.45, 2.75) is 31.4 Å². The van der Waals surface area contributed by atoms with E-state index < -0.39 is 66.7 Å². The number of carbonyl (C=O) groups is 2. The Morgan fingerprint density at radius 2 is 1.57 bits per heavy atom. The van der Waals surface area contributed by atoms with Crippen LogP contribution in [0.3, 0.4) is 0 Å². The third-order valence-electron chi connectivity index (χ3n) is 3.61. The molecule has 0 saturated carbocycles. The van der Waals surface area contributed by atoms with Crippen LogP contribution in [-0.4, -0.2) is 53.2 Å². The molecule has 1 unspecified atom stereocenters. The summed E-state index contributed by atoms with van der Waals surface area (Å²) in [5, 5.41) is 20.0. The van der Waals surface area contributed by atoms with Crippen molar-refractivity contribution in [2.24, 2.45) is 0 Å². The first-order chi connectivity index (χ1) is 12.8. The van der Waals surface area contributed by atoms with E-state index in [1.165, 1.54) is 0 Å². The number of likely N-dealkylation sites (N-methyl/N-ethyl adjacent to an activating group) is 1. The molecule has 158 valence electrons. The highest BCUT2D eigenvalue weighted by Gasteiger charge is 2.37. The fourth-order valence-electron chi connectivity index (χ4n) is 2.14. The van der Waals surface area contributed by atoms with Crippen LogP contribution in [0.5, 0.6) is 0 Å². The van der Waals surface area contributed by atoms with Gasteiger partial charge in [-0.3, -0.25) is 9.59 Å². The molecule has 12 heteroatoms. The average molecular weight is 416 g/mol. The maximum Gasteiger partial charge on any atom is 0.416 e. The molecule has 6 nitrogen and oxygen atoms in total. The fourth-order valence-corrected chi connectivity index (χ4v) is 2.14. The van der Waals surface area contributed by atoms with Crippen molar-refractivity contribution >= 4 is 11.8 Å². The molecule has 0 aliphatic carbocycles. The molecule has 2 amide bonds. The average Bonchev–Trinajstić information content (AvgIpc) is 2.57. The van der Waals surface area contributed by atoms with E-state index in [-0.39, 0.29) is 12.5 Å². The highest BCUT2D eigenvalue weighted by Crippen LogP contribution is 2.36. The normalized spacial score (nSPS) is 13.2. The number of rotatable bonds is 7. The first-order valence-electron chi connectivity index (χ1n) is 7.84. The van der Waals surface area contributed by atoms with Crippen LogP contribution in [0.1, 0.15) is 23.1 Å². The zero-order valence-corrected chi connectivity index (χ0v) is 14.6. The van der Waals surface area contributed by atoms with Gasteiger partial charge in [-0.2, -0.15) is 26.3 Å². The molecule has 3 N–H and O–H groups in total. The maximum atomic E-state index is 12.8. The van der Waals surface area contributed by atoms with E-state index in [0.29, 0.717) is 12.1 Å². The first-order valence-corrected chi connectivity index (χ1v) is 7.84. The highest BCUT2D eigenvalue weighted by atomic mass is 19.4. The van der Waals surface area contributed by atoms with Gasteiger partial charge in [0.05, 0.1) is 17.7 Å². The monoisotopic (exact) mass is 416 g/mol. The molecule has 0 aliphatic heterocycles. The van der Waals surface area contributed by atoms with E-state index in [1.807, 2.05) is 0 Å². The molecular formula is C16H18F6N2O4. The summed E-state index contributed by atoms with van der Waals surface area (Å²) in [5.74, 6) is -1.76. The van der Waals surface area contributed by atoms with Crippen molar-refractivity contribution in [3.8, 4) is 0 Å². The van der Waals surface area contributed by atoms with E-state index >= 15 is 0 Å². The van der Waals surface area contributed by atoms with Crippen LogP contribution in [0.2, 0.25) is 0 Å². The van der Waals surface area contributed by atoms with Gasteiger partial charge in [-0.25, -0.2) is 0 Å². The predicted octanol–water partition coefficient (Wildman–Crippen LogP) is 1.54. The molecule has 1 atom stereocenters.